The molecule has 0 bridgehead atoms. The maximum Gasteiger partial charge on any atom is 0.305 e. The lowest BCUT2D eigenvalue weighted by atomic mass is 9.91. The van der Waals surface area contributed by atoms with Crippen molar-refractivity contribution in [3.8, 4) is 0 Å². The third-order valence-corrected chi connectivity index (χ3v) is 1.95. The van der Waals surface area contributed by atoms with Gasteiger partial charge >= 0.3 is 11.9 Å². The first kappa shape index (κ1) is 12.9. The summed E-state index contributed by atoms with van der Waals surface area (Å²) < 4.78 is 4.51. The SMILES string of the molecule is COC(=O)CC(CC(=O)O)CC(C)C. The highest BCUT2D eigenvalue weighted by atomic mass is 16.5. The zero-order chi connectivity index (χ0) is 11.1. The summed E-state index contributed by atoms with van der Waals surface area (Å²) in [7, 11) is 1.32. The molecule has 4 heteroatoms. The number of carboxylic acid groups (broad SMARTS) is 1. The molecule has 0 amide bonds. The Morgan fingerprint density at radius 3 is 2.21 bits per heavy atom. The highest BCUT2D eigenvalue weighted by Crippen LogP contribution is 2.19. The van der Waals surface area contributed by atoms with Gasteiger partial charge in [-0.05, 0) is 18.3 Å². The molecule has 0 aliphatic rings. The fourth-order valence-corrected chi connectivity index (χ4v) is 1.47. The number of aliphatic carboxylic acids is 1. The van der Waals surface area contributed by atoms with Crippen molar-refractivity contribution in [2.75, 3.05) is 7.11 Å². The molecule has 0 spiro atoms. The van der Waals surface area contributed by atoms with Gasteiger partial charge in [0.1, 0.15) is 0 Å². The number of rotatable bonds is 6. The minimum Gasteiger partial charge on any atom is -0.481 e. The van der Waals surface area contributed by atoms with Gasteiger partial charge in [0, 0.05) is 12.8 Å². The molecule has 4 nitrogen and oxygen atoms in total. The lowest BCUT2D eigenvalue weighted by molar-refractivity contribution is -0.143. The zero-order valence-electron chi connectivity index (χ0n) is 8.95. The van der Waals surface area contributed by atoms with E-state index in [1.807, 2.05) is 13.8 Å². The molecule has 0 aliphatic carbocycles. The number of carbonyl (C=O) groups excluding carboxylic acids is 1. The standard InChI is InChI=1S/C10H18O4/c1-7(2)4-8(5-9(11)12)6-10(13)14-3/h7-8H,4-6H2,1-3H3,(H,11,12). The molecule has 0 heterocycles. The van der Waals surface area contributed by atoms with Gasteiger partial charge < -0.3 is 9.84 Å². The van der Waals surface area contributed by atoms with Crippen LogP contribution in [0.2, 0.25) is 0 Å². The molecule has 14 heavy (non-hydrogen) atoms. The Morgan fingerprint density at radius 1 is 1.29 bits per heavy atom. The molecule has 0 aromatic carbocycles. The molecule has 0 radical (unpaired) electrons. The van der Waals surface area contributed by atoms with E-state index < -0.39 is 5.97 Å². The normalized spacial score (nSPS) is 12.6. The molecule has 1 atom stereocenters. The second-order valence-electron chi connectivity index (χ2n) is 3.87. The van der Waals surface area contributed by atoms with E-state index in [0.717, 1.165) is 6.42 Å². The van der Waals surface area contributed by atoms with Crippen molar-refractivity contribution in [1.82, 2.24) is 0 Å². The van der Waals surface area contributed by atoms with Gasteiger partial charge in [0.2, 0.25) is 0 Å². The van der Waals surface area contributed by atoms with E-state index in [0.29, 0.717) is 5.92 Å². The highest BCUT2D eigenvalue weighted by molar-refractivity contribution is 5.72. The monoisotopic (exact) mass is 202 g/mol. The number of carbonyl (C=O) groups is 2. The van der Waals surface area contributed by atoms with Gasteiger partial charge in [0.25, 0.3) is 0 Å². The molecule has 1 N–H and O–H groups in total. The van der Waals surface area contributed by atoms with Crippen molar-refractivity contribution in [1.29, 1.82) is 0 Å². The number of esters is 1. The van der Waals surface area contributed by atoms with Gasteiger partial charge in [-0.15, -0.1) is 0 Å². The molecule has 0 aliphatic heterocycles. The van der Waals surface area contributed by atoms with E-state index in [4.69, 9.17) is 5.11 Å². The summed E-state index contributed by atoms with van der Waals surface area (Å²) >= 11 is 0. The van der Waals surface area contributed by atoms with Gasteiger partial charge in [0.15, 0.2) is 0 Å². The maximum absolute atomic E-state index is 11.0. The Bertz CT molecular complexity index is 198. The van der Waals surface area contributed by atoms with Crippen LogP contribution in [-0.4, -0.2) is 24.2 Å². The van der Waals surface area contributed by atoms with Crippen molar-refractivity contribution < 1.29 is 19.4 Å². The molecule has 1 unspecified atom stereocenters. The summed E-state index contributed by atoms with van der Waals surface area (Å²) in [5, 5.41) is 8.63. The second kappa shape index (κ2) is 6.40. The van der Waals surface area contributed by atoms with Gasteiger partial charge in [0.05, 0.1) is 7.11 Å². The summed E-state index contributed by atoms with van der Waals surface area (Å²) in [6, 6.07) is 0. The van der Waals surface area contributed by atoms with Crippen LogP contribution in [0.4, 0.5) is 0 Å². The second-order valence-corrected chi connectivity index (χ2v) is 3.87. The number of methoxy groups -OCH3 is 1. The molecule has 0 saturated heterocycles. The number of ether oxygens (including phenoxy) is 1. The van der Waals surface area contributed by atoms with Crippen LogP contribution in [0, 0.1) is 11.8 Å². The zero-order valence-corrected chi connectivity index (χ0v) is 8.95. The third-order valence-electron chi connectivity index (χ3n) is 1.95. The van der Waals surface area contributed by atoms with Crippen LogP contribution in [0.3, 0.4) is 0 Å². The summed E-state index contributed by atoms with van der Waals surface area (Å²) in [6.07, 6.45) is 0.968. The minimum absolute atomic E-state index is 0.0350. The minimum atomic E-state index is -0.862. The van der Waals surface area contributed by atoms with Gasteiger partial charge in [-0.3, -0.25) is 9.59 Å². The van der Waals surface area contributed by atoms with Crippen LogP contribution in [0.1, 0.15) is 33.1 Å². The van der Waals surface area contributed by atoms with Crippen LogP contribution in [-0.2, 0) is 14.3 Å². The summed E-state index contributed by atoms with van der Waals surface area (Å²) in [6.45, 7) is 4.01. The van der Waals surface area contributed by atoms with Crippen LogP contribution in [0.25, 0.3) is 0 Å². The Balaban J connectivity index is 4.09. The molecular formula is C10H18O4. The first-order valence-corrected chi connectivity index (χ1v) is 4.74. The smallest absolute Gasteiger partial charge is 0.305 e. The van der Waals surface area contributed by atoms with Crippen LogP contribution < -0.4 is 0 Å². The molecular weight excluding hydrogens is 184 g/mol. The Labute approximate surface area is 84.3 Å². The van der Waals surface area contributed by atoms with Crippen molar-refractivity contribution in [3.05, 3.63) is 0 Å². The summed E-state index contributed by atoms with van der Waals surface area (Å²) in [5.74, 6) is -0.916. The predicted molar refractivity (Wildman–Crippen MR) is 51.8 cm³/mol. The lowest BCUT2D eigenvalue weighted by Gasteiger charge is -2.15. The number of carboxylic acids is 1. The first-order chi connectivity index (χ1) is 6.45. The van der Waals surface area contributed by atoms with Crippen LogP contribution in [0.5, 0.6) is 0 Å². The van der Waals surface area contributed by atoms with E-state index >= 15 is 0 Å². The van der Waals surface area contributed by atoms with E-state index in [-0.39, 0.29) is 24.7 Å². The molecule has 0 aromatic heterocycles. The lowest BCUT2D eigenvalue weighted by Crippen LogP contribution is -2.15. The van der Waals surface area contributed by atoms with Crippen molar-refractivity contribution in [3.63, 3.8) is 0 Å². The maximum atomic E-state index is 11.0. The Kier molecular flexibility index (Phi) is 5.92. The summed E-state index contributed by atoms with van der Waals surface area (Å²) in [4.78, 5) is 21.5. The largest absolute Gasteiger partial charge is 0.481 e. The molecule has 82 valence electrons. The molecule has 0 fully saturated rings. The van der Waals surface area contributed by atoms with E-state index in [9.17, 15) is 9.59 Å². The third kappa shape index (κ3) is 6.46. The van der Waals surface area contributed by atoms with E-state index in [1.54, 1.807) is 0 Å². The topological polar surface area (TPSA) is 63.6 Å². The fraction of sp³-hybridized carbons (Fsp3) is 0.800. The van der Waals surface area contributed by atoms with Crippen LogP contribution >= 0.6 is 0 Å². The Morgan fingerprint density at radius 2 is 1.86 bits per heavy atom. The quantitative estimate of drug-likeness (QED) is 0.666. The predicted octanol–water partition coefficient (Wildman–Crippen LogP) is 1.69. The van der Waals surface area contributed by atoms with Crippen molar-refractivity contribution >= 4 is 11.9 Å². The van der Waals surface area contributed by atoms with Gasteiger partial charge in [-0.1, -0.05) is 13.8 Å². The van der Waals surface area contributed by atoms with Crippen molar-refractivity contribution in [2.45, 2.75) is 33.1 Å². The van der Waals surface area contributed by atoms with Gasteiger partial charge in [-0.25, -0.2) is 0 Å². The van der Waals surface area contributed by atoms with Gasteiger partial charge in [-0.2, -0.15) is 0 Å². The highest BCUT2D eigenvalue weighted by Gasteiger charge is 2.18. The molecule has 0 saturated carbocycles. The van der Waals surface area contributed by atoms with Crippen molar-refractivity contribution in [2.24, 2.45) is 11.8 Å². The van der Waals surface area contributed by atoms with Crippen LogP contribution in [0.15, 0.2) is 0 Å². The summed E-state index contributed by atoms with van der Waals surface area (Å²) in [5.41, 5.74) is 0. The average Bonchev–Trinajstić information content (AvgIpc) is 2.01. The fourth-order valence-electron chi connectivity index (χ4n) is 1.47. The number of hydrogen-bond donors (Lipinski definition) is 1. The molecule has 0 rings (SSSR count). The number of hydrogen-bond acceptors (Lipinski definition) is 3. The average molecular weight is 202 g/mol. The van der Waals surface area contributed by atoms with E-state index in [1.165, 1.54) is 7.11 Å². The van der Waals surface area contributed by atoms with E-state index in [2.05, 4.69) is 4.74 Å². The first-order valence-electron chi connectivity index (χ1n) is 4.74. The molecule has 0 aromatic rings. The Hall–Kier alpha value is -1.06.